The Balaban J connectivity index is 2.16. The van der Waals surface area contributed by atoms with Gasteiger partial charge in [-0.3, -0.25) is 9.59 Å². The Kier molecular flexibility index (Phi) is 6.68. The number of ether oxygens (including phenoxy) is 1. The van der Waals surface area contributed by atoms with Crippen molar-refractivity contribution in [3.05, 3.63) is 24.3 Å². The van der Waals surface area contributed by atoms with Crippen LogP contribution in [-0.2, 0) is 9.59 Å². The molecule has 1 aliphatic rings. The van der Waals surface area contributed by atoms with Crippen molar-refractivity contribution in [1.29, 1.82) is 0 Å². The minimum Gasteiger partial charge on any atom is -0.489 e. The topological polar surface area (TPSA) is 58.6 Å². The summed E-state index contributed by atoms with van der Waals surface area (Å²) in [5.74, 6) is 0.218. The van der Waals surface area contributed by atoms with Crippen molar-refractivity contribution < 1.29 is 14.3 Å². The molecule has 2 rings (SSSR count). The summed E-state index contributed by atoms with van der Waals surface area (Å²) < 4.78 is 5.76. The first-order chi connectivity index (χ1) is 12.3. The van der Waals surface area contributed by atoms with Crippen molar-refractivity contribution in [2.75, 3.05) is 11.9 Å². The highest BCUT2D eigenvalue weighted by Crippen LogP contribution is 2.30. The summed E-state index contributed by atoms with van der Waals surface area (Å²) in [4.78, 5) is 28.0. The highest BCUT2D eigenvalue weighted by molar-refractivity contribution is 6.10. The molecule has 1 N–H and O–H groups in total. The van der Waals surface area contributed by atoms with Crippen molar-refractivity contribution in [2.24, 2.45) is 5.41 Å². The van der Waals surface area contributed by atoms with E-state index in [2.05, 4.69) is 12.2 Å². The lowest BCUT2D eigenvalue weighted by atomic mass is 9.87. The number of benzene rings is 1. The molecule has 1 fully saturated rings. The molecule has 26 heavy (non-hydrogen) atoms. The van der Waals surface area contributed by atoms with Gasteiger partial charge in [0, 0.05) is 12.6 Å². The van der Waals surface area contributed by atoms with Crippen LogP contribution >= 0.6 is 0 Å². The van der Waals surface area contributed by atoms with Gasteiger partial charge in [-0.2, -0.15) is 0 Å². The molecule has 1 heterocycles. The average Bonchev–Trinajstić information content (AvgIpc) is 2.62. The van der Waals surface area contributed by atoms with Crippen molar-refractivity contribution in [2.45, 2.75) is 72.4 Å². The van der Waals surface area contributed by atoms with Gasteiger partial charge < -0.3 is 15.0 Å². The zero-order valence-electron chi connectivity index (χ0n) is 16.7. The van der Waals surface area contributed by atoms with Crippen LogP contribution in [0.3, 0.4) is 0 Å². The van der Waals surface area contributed by atoms with E-state index in [4.69, 9.17) is 4.74 Å². The largest absolute Gasteiger partial charge is 0.489 e. The standard InChI is InChI=1S/C21H32N2O3/c1-6-16-11-9-10-14-23(16)20(25)21(4,5)19(24)22-17-12-7-8-13-18(17)26-15(2)3/h7-8,12-13,15-16H,6,9-11,14H2,1-5H3,(H,22,24). The maximum Gasteiger partial charge on any atom is 0.239 e. The van der Waals surface area contributed by atoms with Crippen LogP contribution in [0.2, 0.25) is 0 Å². The van der Waals surface area contributed by atoms with Crippen LogP contribution in [0, 0.1) is 5.41 Å². The van der Waals surface area contributed by atoms with E-state index in [-0.39, 0.29) is 24.0 Å². The van der Waals surface area contributed by atoms with Crippen molar-refractivity contribution in [3.63, 3.8) is 0 Å². The Morgan fingerprint density at radius 1 is 1.27 bits per heavy atom. The molecule has 0 saturated carbocycles. The summed E-state index contributed by atoms with van der Waals surface area (Å²) in [6, 6.07) is 7.56. The predicted octanol–water partition coefficient (Wildman–Crippen LogP) is 4.23. The minimum absolute atomic E-state index is 0.00126. The first-order valence-electron chi connectivity index (χ1n) is 9.65. The molecule has 0 radical (unpaired) electrons. The van der Waals surface area contributed by atoms with E-state index in [1.165, 1.54) is 0 Å². The number of carbonyl (C=O) groups is 2. The van der Waals surface area contributed by atoms with Gasteiger partial charge in [0.25, 0.3) is 0 Å². The van der Waals surface area contributed by atoms with E-state index in [0.29, 0.717) is 11.4 Å². The normalized spacial score (nSPS) is 17.9. The first kappa shape index (κ1) is 20.3. The van der Waals surface area contributed by atoms with Crippen LogP contribution in [0.25, 0.3) is 0 Å². The summed E-state index contributed by atoms with van der Waals surface area (Å²) >= 11 is 0. The van der Waals surface area contributed by atoms with E-state index >= 15 is 0 Å². The van der Waals surface area contributed by atoms with Crippen molar-refractivity contribution in [1.82, 2.24) is 4.90 Å². The molecule has 5 heteroatoms. The van der Waals surface area contributed by atoms with Gasteiger partial charge in [-0.05, 0) is 65.5 Å². The molecule has 1 saturated heterocycles. The van der Waals surface area contributed by atoms with Crippen LogP contribution in [0.4, 0.5) is 5.69 Å². The van der Waals surface area contributed by atoms with Gasteiger partial charge in [-0.25, -0.2) is 0 Å². The first-order valence-corrected chi connectivity index (χ1v) is 9.65. The third kappa shape index (κ3) is 4.57. The number of rotatable bonds is 6. The lowest BCUT2D eigenvalue weighted by molar-refractivity contribution is -0.149. The Morgan fingerprint density at radius 3 is 2.62 bits per heavy atom. The number of amides is 2. The highest BCUT2D eigenvalue weighted by atomic mass is 16.5. The third-order valence-corrected chi connectivity index (χ3v) is 4.96. The van der Waals surface area contributed by atoms with Crippen LogP contribution in [-0.4, -0.2) is 35.4 Å². The fourth-order valence-corrected chi connectivity index (χ4v) is 3.35. The number of piperidine rings is 1. The number of hydrogen-bond acceptors (Lipinski definition) is 3. The summed E-state index contributed by atoms with van der Waals surface area (Å²) in [7, 11) is 0. The Labute approximate surface area is 157 Å². The highest BCUT2D eigenvalue weighted by Gasteiger charge is 2.41. The molecule has 0 bridgehead atoms. The van der Waals surface area contributed by atoms with E-state index in [1.54, 1.807) is 19.9 Å². The van der Waals surface area contributed by atoms with Crippen LogP contribution in [0.15, 0.2) is 24.3 Å². The van der Waals surface area contributed by atoms with Crippen LogP contribution < -0.4 is 10.1 Å². The van der Waals surface area contributed by atoms with Gasteiger partial charge in [-0.15, -0.1) is 0 Å². The summed E-state index contributed by atoms with van der Waals surface area (Å²) in [5, 5.41) is 2.90. The lowest BCUT2D eigenvalue weighted by Crippen LogP contribution is -2.52. The molecule has 1 unspecified atom stereocenters. The smallest absolute Gasteiger partial charge is 0.239 e. The van der Waals surface area contributed by atoms with Gasteiger partial charge in [0.2, 0.25) is 11.8 Å². The number of nitrogens with zero attached hydrogens (tertiary/aromatic N) is 1. The average molecular weight is 360 g/mol. The second-order valence-electron chi connectivity index (χ2n) is 7.80. The molecule has 5 nitrogen and oxygen atoms in total. The van der Waals surface area contributed by atoms with Crippen molar-refractivity contribution >= 4 is 17.5 Å². The zero-order valence-corrected chi connectivity index (χ0v) is 16.7. The molecular weight excluding hydrogens is 328 g/mol. The molecule has 0 spiro atoms. The lowest BCUT2D eigenvalue weighted by Gasteiger charge is -2.39. The maximum atomic E-state index is 13.1. The molecule has 1 aromatic carbocycles. The number of para-hydroxylation sites is 2. The molecule has 144 valence electrons. The minimum atomic E-state index is -1.13. The zero-order chi connectivity index (χ0) is 19.3. The second-order valence-corrected chi connectivity index (χ2v) is 7.80. The monoisotopic (exact) mass is 360 g/mol. The SMILES string of the molecule is CCC1CCCCN1C(=O)C(C)(C)C(=O)Nc1ccccc1OC(C)C. The fraction of sp³-hybridized carbons (Fsp3) is 0.619. The molecule has 1 aromatic rings. The Morgan fingerprint density at radius 2 is 1.96 bits per heavy atom. The Hall–Kier alpha value is -2.04. The Bertz CT molecular complexity index is 640. The number of anilines is 1. The number of nitrogens with one attached hydrogen (secondary N) is 1. The predicted molar refractivity (Wildman–Crippen MR) is 104 cm³/mol. The number of likely N-dealkylation sites (tertiary alicyclic amines) is 1. The summed E-state index contributed by atoms with van der Waals surface area (Å²) in [6.07, 6.45) is 4.10. The fourth-order valence-electron chi connectivity index (χ4n) is 3.35. The van der Waals surface area contributed by atoms with E-state index < -0.39 is 5.41 Å². The molecule has 2 amide bonds. The van der Waals surface area contributed by atoms with Gasteiger partial charge in [0.1, 0.15) is 11.2 Å². The van der Waals surface area contributed by atoms with Crippen molar-refractivity contribution in [3.8, 4) is 5.75 Å². The quantitative estimate of drug-likeness (QED) is 0.772. The van der Waals surface area contributed by atoms with Crippen LogP contribution in [0.1, 0.15) is 60.3 Å². The molecule has 0 aliphatic carbocycles. The van der Waals surface area contributed by atoms with E-state index in [0.717, 1.165) is 32.2 Å². The summed E-state index contributed by atoms with van der Waals surface area (Å²) in [6.45, 7) is 10.1. The summed E-state index contributed by atoms with van der Waals surface area (Å²) in [5.41, 5.74) is -0.534. The molecule has 1 aliphatic heterocycles. The van der Waals surface area contributed by atoms with Gasteiger partial charge in [-0.1, -0.05) is 19.1 Å². The number of carbonyl (C=O) groups excluding carboxylic acids is 2. The van der Waals surface area contributed by atoms with Gasteiger partial charge in [0.15, 0.2) is 0 Å². The van der Waals surface area contributed by atoms with Gasteiger partial charge in [0.05, 0.1) is 11.8 Å². The molecule has 0 aromatic heterocycles. The van der Waals surface area contributed by atoms with Crippen LogP contribution in [0.5, 0.6) is 5.75 Å². The second kappa shape index (κ2) is 8.56. The number of hydrogen-bond donors (Lipinski definition) is 1. The van der Waals surface area contributed by atoms with E-state index in [1.807, 2.05) is 36.9 Å². The molecular formula is C21H32N2O3. The van der Waals surface area contributed by atoms with Gasteiger partial charge >= 0.3 is 0 Å². The third-order valence-electron chi connectivity index (χ3n) is 4.96. The van der Waals surface area contributed by atoms with E-state index in [9.17, 15) is 9.59 Å². The molecule has 1 atom stereocenters. The maximum absolute atomic E-state index is 13.1.